The molecule has 0 saturated heterocycles. The van der Waals surface area contributed by atoms with Crippen molar-refractivity contribution in [1.82, 2.24) is 9.97 Å². The highest BCUT2D eigenvalue weighted by atomic mass is 19.1. The second kappa shape index (κ2) is 5.27. The third kappa shape index (κ3) is 3.03. The first-order chi connectivity index (χ1) is 8.19. The largest absolute Gasteiger partial charge is 0.365 e. The van der Waals surface area contributed by atoms with E-state index in [4.69, 9.17) is 5.84 Å². The Hall–Kier alpha value is -1.43. The Labute approximate surface area is 100.0 Å². The Balaban J connectivity index is 2.06. The van der Waals surface area contributed by atoms with Gasteiger partial charge in [0.2, 0.25) is 5.95 Å². The van der Waals surface area contributed by atoms with E-state index >= 15 is 0 Å². The number of halogens is 1. The maximum absolute atomic E-state index is 13.5. The van der Waals surface area contributed by atoms with Gasteiger partial charge < -0.3 is 5.32 Å². The lowest BCUT2D eigenvalue weighted by atomic mass is 9.87. The summed E-state index contributed by atoms with van der Waals surface area (Å²) >= 11 is 0. The maximum atomic E-state index is 13.5. The van der Waals surface area contributed by atoms with Gasteiger partial charge in [-0.2, -0.15) is 4.98 Å². The number of nitrogens with zero attached hydrogens (tertiary/aromatic N) is 2. The van der Waals surface area contributed by atoms with Crippen molar-refractivity contribution >= 4 is 11.8 Å². The number of hydrazine groups is 1. The van der Waals surface area contributed by atoms with Crippen LogP contribution in [0.25, 0.3) is 0 Å². The van der Waals surface area contributed by atoms with Crippen LogP contribution in [0.5, 0.6) is 0 Å². The van der Waals surface area contributed by atoms with Crippen LogP contribution < -0.4 is 16.6 Å². The number of nitrogens with one attached hydrogen (secondary N) is 2. The van der Waals surface area contributed by atoms with Crippen molar-refractivity contribution < 1.29 is 4.39 Å². The summed E-state index contributed by atoms with van der Waals surface area (Å²) in [6.07, 6.45) is 5.65. The highest BCUT2D eigenvalue weighted by Crippen LogP contribution is 2.26. The van der Waals surface area contributed by atoms with E-state index in [-0.39, 0.29) is 17.8 Å². The first-order valence-corrected chi connectivity index (χ1v) is 5.94. The molecule has 17 heavy (non-hydrogen) atoms. The highest BCUT2D eigenvalue weighted by Gasteiger charge is 2.20. The molecule has 6 heteroatoms. The standard InChI is InChI=1S/C11H18FN5/c1-7-3-2-4-8(5-7)15-10-9(12)6-14-11(16-10)17-13/h6-8H,2-5,13H2,1H3,(H2,14,15,16,17). The topological polar surface area (TPSA) is 75.9 Å². The molecular formula is C11H18FN5. The second-order valence-corrected chi connectivity index (χ2v) is 4.65. The van der Waals surface area contributed by atoms with Crippen LogP contribution in [0.4, 0.5) is 16.2 Å². The number of hydrogen-bond donors (Lipinski definition) is 3. The first kappa shape index (κ1) is 12.0. The second-order valence-electron chi connectivity index (χ2n) is 4.65. The Morgan fingerprint density at radius 3 is 3.00 bits per heavy atom. The van der Waals surface area contributed by atoms with E-state index in [1.165, 1.54) is 12.8 Å². The molecular weight excluding hydrogens is 221 g/mol. The van der Waals surface area contributed by atoms with Crippen LogP contribution in [0.15, 0.2) is 6.20 Å². The molecule has 0 aliphatic heterocycles. The number of anilines is 2. The van der Waals surface area contributed by atoms with Crippen molar-refractivity contribution in [3.63, 3.8) is 0 Å². The summed E-state index contributed by atoms with van der Waals surface area (Å²) in [5.74, 6) is 5.88. The van der Waals surface area contributed by atoms with Gasteiger partial charge in [0.15, 0.2) is 11.6 Å². The average molecular weight is 239 g/mol. The summed E-state index contributed by atoms with van der Waals surface area (Å²) in [7, 11) is 0. The normalized spacial score (nSPS) is 24.4. The number of nitrogen functional groups attached to an aromatic ring is 1. The molecule has 0 bridgehead atoms. The van der Waals surface area contributed by atoms with E-state index in [1.54, 1.807) is 0 Å². The minimum absolute atomic E-state index is 0.220. The van der Waals surface area contributed by atoms with E-state index < -0.39 is 5.82 Å². The Kier molecular flexibility index (Phi) is 3.73. The van der Waals surface area contributed by atoms with E-state index in [2.05, 4.69) is 27.6 Å². The van der Waals surface area contributed by atoms with Crippen molar-refractivity contribution in [3.05, 3.63) is 12.0 Å². The van der Waals surface area contributed by atoms with Crippen LogP contribution in [0.2, 0.25) is 0 Å². The van der Waals surface area contributed by atoms with Crippen molar-refractivity contribution in [2.45, 2.75) is 38.6 Å². The molecule has 0 amide bonds. The van der Waals surface area contributed by atoms with Crippen LogP contribution in [-0.4, -0.2) is 16.0 Å². The van der Waals surface area contributed by atoms with Gasteiger partial charge in [-0.1, -0.05) is 19.8 Å². The first-order valence-electron chi connectivity index (χ1n) is 5.94. The number of aromatic nitrogens is 2. The van der Waals surface area contributed by atoms with Gasteiger partial charge in [-0.05, 0) is 18.8 Å². The van der Waals surface area contributed by atoms with Crippen LogP contribution in [0.3, 0.4) is 0 Å². The molecule has 0 spiro atoms. The van der Waals surface area contributed by atoms with Crippen molar-refractivity contribution in [2.75, 3.05) is 10.7 Å². The van der Waals surface area contributed by atoms with Gasteiger partial charge in [-0.25, -0.2) is 15.2 Å². The third-order valence-corrected chi connectivity index (χ3v) is 3.15. The van der Waals surface area contributed by atoms with Crippen molar-refractivity contribution in [3.8, 4) is 0 Å². The van der Waals surface area contributed by atoms with Gasteiger partial charge in [0.1, 0.15) is 0 Å². The quantitative estimate of drug-likeness (QED) is 0.554. The predicted octanol–water partition coefficient (Wildman–Crippen LogP) is 1.89. The minimum atomic E-state index is -0.442. The fraction of sp³-hybridized carbons (Fsp3) is 0.636. The van der Waals surface area contributed by atoms with Crippen LogP contribution in [-0.2, 0) is 0 Å². The van der Waals surface area contributed by atoms with E-state index in [0.717, 1.165) is 19.0 Å². The zero-order valence-corrected chi connectivity index (χ0v) is 9.91. The minimum Gasteiger partial charge on any atom is -0.365 e. The Bertz CT molecular complexity index is 384. The van der Waals surface area contributed by atoms with Gasteiger partial charge >= 0.3 is 0 Å². The number of hydrogen-bond acceptors (Lipinski definition) is 5. The molecule has 1 saturated carbocycles. The van der Waals surface area contributed by atoms with Crippen LogP contribution in [0, 0.1) is 11.7 Å². The summed E-state index contributed by atoms with van der Waals surface area (Å²) < 4.78 is 13.5. The van der Waals surface area contributed by atoms with Gasteiger partial charge in [0, 0.05) is 6.04 Å². The smallest absolute Gasteiger partial charge is 0.239 e. The lowest BCUT2D eigenvalue weighted by Gasteiger charge is -2.27. The van der Waals surface area contributed by atoms with Gasteiger partial charge in [-0.3, -0.25) is 5.43 Å². The molecule has 0 aromatic carbocycles. The van der Waals surface area contributed by atoms with Gasteiger partial charge in [0.25, 0.3) is 0 Å². The van der Waals surface area contributed by atoms with Crippen molar-refractivity contribution in [1.29, 1.82) is 0 Å². The highest BCUT2D eigenvalue weighted by molar-refractivity contribution is 5.41. The third-order valence-electron chi connectivity index (χ3n) is 3.15. The molecule has 2 atom stereocenters. The van der Waals surface area contributed by atoms with E-state index in [1.807, 2.05) is 0 Å². The molecule has 1 heterocycles. The van der Waals surface area contributed by atoms with Gasteiger partial charge in [0.05, 0.1) is 6.20 Å². The summed E-state index contributed by atoms with van der Waals surface area (Å²) in [6, 6.07) is 0.286. The molecule has 2 rings (SSSR count). The van der Waals surface area contributed by atoms with Gasteiger partial charge in [-0.15, -0.1) is 0 Å². The summed E-state index contributed by atoms with van der Waals surface area (Å²) in [5.41, 5.74) is 2.31. The summed E-state index contributed by atoms with van der Waals surface area (Å²) in [5, 5.41) is 3.13. The van der Waals surface area contributed by atoms with E-state index in [9.17, 15) is 4.39 Å². The van der Waals surface area contributed by atoms with Crippen LogP contribution >= 0.6 is 0 Å². The zero-order valence-electron chi connectivity index (χ0n) is 9.91. The van der Waals surface area contributed by atoms with Crippen molar-refractivity contribution in [2.24, 2.45) is 11.8 Å². The molecule has 1 aliphatic rings. The summed E-state index contributed by atoms with van der Waals surface area (Å²) in [4.78, 5) is 7.68. The monoisotopic (exact) mass is 239 g/mol. The molecule has 0 radical (unpaired) electrons. The summed E-state index contributed by atoms with van der Waals surface area (Å²) in [6.45, 7) is 2.22. The Morgan fingerprint density at radius 1 is 1.47 bits per heavy atom. The fourth-order valence-corrected chi connectivity index (χ4v) is 2.30. The molecule has 5 nitrogen and oxygen atoms in total. The molecule has 1 aromatic rings. The average Bonchev–Trinajstić information content (AvgIpc) is 2.32. The van der Waals surface area contributed by atoms with E-state index in [0.29, 0.717) is 5.92 Å². The number of nitrogens with two attached hydrogens (primary N) is 1. The lowest BCUT2D eigenvalue weighted by molar-refractivity contribution is 0.357. The zero-order chi connectivity index (χ0) is 12.3. The van der Waals surface area contributed by atoms with Crippen LogP contribution in [0.1, 0.15) is 32.6 Å². The molecule has 1 fully saturated rings. The SMILES string of the molecule is CC1CCCC(Nc2nc(NN)ncc2F)C1. The molecule has 2 unspecified atom stereocenters. The predicted molar refractivity (Wildman–Crippen MR) is 64.8 cm³/mol. The Morgan fingerprint density at radius 2 is 2.29 bits per heavy atom. The number of rotatable bonds is 3. The molecule has 1 aromatic heterocycles. The maximum Gasteiger partial charge on any atom is 0.239 e. The molecule has 4 N–H and O–H groups in total. The molecule has 94 valence electrons. The fourth-order valence-electron chi connectivity index (χ4n) is 2.30. The lowest BCUT2D eigenvalue weighted by Crippen LogP contribution is -2.27. The molecule has 1 aliphatic carbocycles.